The van der Waals surface area contributed by atoms with Gasteiger partial charge < -0.3 is 19.9 Å². The van der Waals surface area contributed by atoms with Crippen molar-refractivity contribution < 1.29 is 14.3 Å². The van der Waals surface area contributed by atoms with Crippen molar-refractivity contribution in [2.24, 2.45) is 5.73 Å². The van der Waals surface area contributed by atoms with Crippen molar-refractivity contribution in [1.29, 1.82) is 0 Å². The molecule has 0 unspecified atom stereocenters. The van der Waals surface area contributed by atoms with Gasteiger partial charge in [0.2, 0.25) is 5.91 Å². The van der Waals surface area contributed by atoms with E-state index in [0.717, 1.165) is 10.9 Å². The molecule has 3 rings (SSSR count). The normalized spacial score (nSPS) is 18.4. The Bertz CT molecular complexity index is 830. The van der Waals surface area contributed by atoms with E-state index in [-0.39, 0.29) is 17.9 Å². The third kappa shape index (κ3) is 3.84. The maximum absolute atomic E-state index is 13.3. The van der Waals surface area contributed by atoms with E-state index in [2.05, 4.69) is 4.90 Å². The molecule has 1 fully saturated rings. The lowest BCUT2D eigenvalue weighted by molar-refractivity contribution is -0.126. The Morgan fingerprint density at radius 2 is 2.00 bits per heavy atom. The molecule has 27 heavy (non-hydrogen) atoms. The van der Waals surface area contributed by atoms with Gasteiger partial charge in [-0.15, -0.1) is 0 Å². The van der Waals surface area contributed by atoms with Crippen LogP contribution in [0, 0.1) is 0 Å². The standard InChI is InChI=1S/C20H28N4O3/c1-14(2)24-9-8-23(13-18(24)19(21)25)20(26)16-12-22(10-11-27-3)17-7-5-4-6-15(16)17/h4-7,12,14,18H,8-11,13H2,1-3H3,(H2,21,25)/t18-/m0/s1. The van der Waals surface area contributed by atoms with E-state index in [1.165, 1.54) is 0 Å². The number of rotatable bonds is 6. The third-order valence-electron chi connectivity index (χ3n) is 5.26. The summed E-state index contributed by atoms with van der Waals surface area (Å²) in [6, 6.07) is 7.61. The van der Waals surface area contributed by atoms with Gasteiger partial charge in [-0.2, -0.15) is 0 Å². The summed E-state index contributed by atoms with van der Waals surface area (Å²) >= 11 is 0. The summed E-state index contributed by atoms with van der Waals surface area (Å²) in [5.74, 6) is -0.444. The number of amides is 2. The lowest BCUT2D eigenvalue weighted by Gasteiger charge is -2.41. The van der Waals surface area contributed by atoms with Crippen molar-refractivity contribution in [3.05, 3.63) is 36.0 Å². The van der Waals surface area contributed by atoms with Crippen LogP contribution in [0.25, 0.3) is 10.9 Å². The van der Waals surface area contributed by atoms with Crippen LogP contribution in [-0.2, 0) is 16.1 Å². The fraction of sp³-hybridized carbons (Fsp3) is 0.500. The number of piperazine rings is 1. The first kappa shape index (κ1) is 19.4. The summed E-state index contributed by atoms with van der Waals surface area (Å²) in [6.07, 6.45) is 1.89. The summed E-state index contributed by atoms with van der Waals surface area (Å²) in [5, 5.41) is 0.917. The highest BCUT2D eigenvalue weighted by atomic mass is 16.5. The molecule has 1 atom stereocenters. The molecule has 7 nitrogen and oxygen atoms in total. The minimum absolute atomic E-state index is 0.0583. The van der Waals surface area contributed by atoms with Gasteiger partial charge in [-0.05, 0) is 19.9 Å². The van der Waals surface area contributed by atoms with Crippen LogP contribution in [0.1, 0.15) is 24.2 Å². The molecule has 1 aromatic carbocycles. The molecular formula is C20H28N4O3. The molecule has 7 heteroatoms. The number of ether oxygens (including phenoxy) is 1. The second-order valence-corrected chi connectivity index (χ2v) is 7.25. The monoisotopic (exact) mass is 372 g/mol. The molecule has 1 aliphatic rings. The largest absolute Gasteiger partial charge is 0.383 e. The molecule has 1 saturated heterocycles. The quantitative estimate of drug-likeness (QED) is 0.829. The maximum atomic E-state index is 13.3. The Balaban J connectivity index is 1.89. The van der Waals surface area contributed by atoms with Crippen LogP contribution in [0.2, 0.25) is 0 Å². The van der Waals surface area contributed by atoms with Crippen LogP contribution in [-0.4, -0.2) is 71.6 Å². The highest BCUT2D eigenvalue weighted by Gasteiger charge is 2.35. The van der Waals surface area contributed by atoms with E-state index in [1.54, 1.807) is 12.0 Å². The Kier molecular flexibility index (Phi) is 5.82. The maximum Gasteiger partial charge on any atom is 0.256 e. The molecule has 0 aliphatic carbocycles. The van der Waals surface area contributed by atoms with Gasteiger partial charge >= 0.3 is 0 Å². The number of nitrogens with zero attached hydrogens (tertiary/aromatic N) is 3. The number of carbonyl (C=O) groups is 2. The molecule has 0 spiro atoms. The van der Waals surface area contributed by atoms with Gasteiger partial charge in [0.05, 0.1) is 12.2 Å². The minimum atomic E-state index is -0.454. The molecule has 0 saturated carbocycles. The van der Waals surface area contributed by atoms with Gasteiger partial charge in [-0.1, -0.05) is 18.2 Å². The van der Waals surface area contributed by atoms with Crippen molar-refractivity contribution in [1.82, 2.24) is 14.4 Å². The molecule has 2 heterocycles. The predicted molar refractivity (Wildman–Crippen MR) is 105 cm³/mol. The van der Waals surface area contributed by atoms with E-state index < -0.39 is 6.04 Å². The third-order valence-corrected chi connectivity index (χ3v) is 5.26. The van der Waals surface area contributed by atoms with Crippen molar-refractivity contribution >= 4 is 22.7 Å². The molecule has 1 aromatic heterocycles. The zero-order valence-electron chi connectivity index (χ0n) is 16.2. The van der Waals surface area contributed by atoms with Crippen molar-refractivity contribution in [3.8, 4) is 0 Å². The summed E-state index contributed by atoms with van der Waals surface area (Å²) in [5.41, 5.74) is 7.27. The number of methoxy groups -OCH3 is 1. The van der Waals surface area contributed by atoms with Crippen molar-refractivity contribution in [3.63, 3.8) is 0 Å². The number of fused-ring (bicyclic) bond motifs is 1. The van der Waals surface area contributed by atoms with Crippen LogP contribution in [0.5, 0.6) is 0 Å². The van der Waals surface area contributed by atoms with E-state index >= 15 is 0 Å². The second-order valence-electron chi connectivity index (χ2n) is 7.25. The summed E-state index contributed by atoms with van der Waals surface area (Å²) in [4.78, 5) is 29.0. The molecule has 0 bridgehead atoms. The molecule has 2 N–H and O–H groups in total. The first-order chi connectivity index (χ1) is 12.9. The van der Waals surface area contributed by atoms with E-state index in [9.17, 15) is 9.59 Å². The van der Waals surface area contributed by atoms with E-state index in [0.29, 0.717) is 38.3 Å². The number of nitrogens with two attached hydrogens (primary N) is 1. The predicted octanol–water partition coefficient (Wildman–Crippen LogP) is 1.31. The Morgan fingerprint density at radius 3 is 2.67 bits per heavy atom. The number of primary amides is 1. The fourth-order valence-electron chi connectivity index (χ4n) is 3.82. The molecule has 2 amide bonds. The molecule has 146 valence electrons. The van der Waals surface area contributed by atoms with Gasteiger partial charge in [-0.3, -0.25) is 14.5 Å². The SMILES string of the molecule is COCCn1cc(C(=O)N2CCN(C(C)C)[C@H](C(N)=O)C2)c2ccccc21. The molecule has 0 radical (unpaired) electrons. The van der Waals surface area contributed by atoms with Gasteiger partial charge in [0, 0.05) is 56.4 Å². The van der Waals surface area contributed by atoms with Crippen LogP contribution >= 0.6 is 0 Å². The van der Waals surface area contributed by atoms with Crippen molar-refractivity contribution in [2.75, 3.05) is 33.4 Å². The Morgan fingerprint density at radius 1 is 1.26 bits per heavy atom. The number of hydrogen-bond donors (Lipinski definition) is 1. The van der Waals surface area contributed by atoms with Crippen LogP contribution in [0.3, 0.4) is 0 Å². The van der Waals surface area contributed by atoms with Gasteiger partial charge in [0.15, 0.2) is 0 Å². The van der Waals surface area contributed by atoms with Crippen LogP contribution < -0.4 is 5.73 Å². The number of benzene rings is 1. The van der Waals surface area contributed by atoms with Gasteiger partial charge in [-0.25, -0.2) is 0 Å². The fourth-order valence-corrected chi connectivity index (χ4v) is 3.82. The van der Waals surface area contributed by atoms with Gasteiger partial charge in [0.25, 0.3) is 5.91 Å². The number of para-hydroxylation sites is 1. The van der Waals surface area contributed by atoms with Crippen molar-refractivity contribution in [2.45, 2.75) is 32.5 Å². The number of hydrogen-bond acceptors (Lipinski definition) is 4. The molecule has 1 aliphatic heterocycles. The smallest absolute Gasteiger partial charge is 0.256 e. The lowest BCUT2D eigenvalue weighted by atomic mass is 10.1. The number of carbonyl (C=O) groups excluding carboxylic acids is 2. The highest BCUT2D eigenvalue weighted by molar-refractivity contribution is 6.07. The molecular weight excluding hydrogens is 344 g/mol. The van der Waals surface area contributed by atoms with Crippen LogP contribution in [0.15, 0.2) is 30.5 Å². The zero-order chi connectivity index (χ0) is 19.6. The van der Waals surface area contributed by atoms with Gasteiger partial charge in [0.1, 0.15) is 6.04 Å². The summed E-state index contributed by atoms with van der Waals surface area (Å²) < 4.78 is 7.23. The minimum Gasteiger partial charge on any atom is -0.383 e. The zero-order valence-corrected chi connectivity index (χ0v) is 16.2. The first-order valence-corrected chi connectivity index (χ1v) is 9.35. The Labute approximate surface area is 159 Å². The van der Waals surface area contributed by atoms with E-state index in [1.807, 2.05) is 48.9 Å². The second kappa shape index (κ2) is 8.10. The highest BCUT2D eigenvalue weighted by Crippen LogP contribution is 2.24. The topological polar surface area (TPSA) is 80.8 Å². The average molecular weight is 372 g/mol. The summed E-state index contributed by atoms with van der Waals surface area (Å²) in [6.45, 7) is 6.87. The lowest BCUT2D eigenvalue weighted by Crippen LogP contribution is -2.61. The number of aromatic nitrogens is 1. The summed E-state index contributed by atoms with van der Waals surface area (Å²) in [7, 11) is 1.66. The Hall–Kier alpha value is -2.38. The average Bonchev–Trinajstić information content (AvgIpc) is 3.04. The molecule has 2 aromatic rings. The van der Waals surface area contributed by atoms with Crippen LogP contribution in [0.4, 0.5) is 0 Å². The first-order valence-electron chi connectivity index (χ1n) is 9.35. The van der Waals surface area contributed by atoms with E-state index in [4.69, 9.17) is 10.5 Å².